The maximum atomic E-state index is 12.1. The van der Waals surface area contributed by atoms with Crippen molar-refractivity contribution < 1.29 is 9.53 Å². The van der Waals surface area contributed by atoms with Crippen LogP contribution >= 0.6 is 0 Å². The van der Waals surface area contributed by atoms with Crippen molar-refractivity contribution >= 4 is 5.97 Å². The molecule has 1 aromatic rings. The van der Waals surface area contributed by atoms with Gasteiger partial charge in [-0.25, -0.2) is 0 Å². The van der Waals surface area contributed by atoms with Gasteiger partial charge in [-0.15, -0.1) is 0 Å². The highest BCUT2D eigenvalue weighted by molar-refractivity contribution is 5.76. The van der Waals surface area contributed by atoms with E-state index in [1.807, 2.05) is 45.9 Å². The number of hydrogen-bond acceptors (Lipinski definition) is 3. The fourth-order valence-electron chi connectivity index (χ4n) is 1.99. The van der Waals surface area contributed by atoms with Crippen LogP contribution in [0.15, 0.2) is 30.3 Å². The highest BCUT2D eigenvalue weighted by Crippen LogP contribution is 2.24. The number of ether oxygens (including phenoxy) is 1. The van der Waals surface area contributed by atoms with Crippen molar-refractivity contribution in [3.05, 3.63) is 35.9 Å². The Labute approximate surface area is 116 Å². The number of carbonyl (C=O) groups is 1. The Hall–Kier alpha value is -1.35. The van der Waals surface area contributed by atoms with Crippen LogP contribution in [-0.2, 0) is 9.53 Å². The van der Waals surface area contributed by atoms with Crippen molar-refractivity contribution in [2.24, 2.45) is 5.41 Å². The molecule has 0 aliphatic heterocycles. The first-order valence-electron chi connectivity index (χ1n) is 6.84. The zero-order valence-electron chi connectivity index (χ0n) is 12.6. The van der Waals surface area contributed by atoms with Gasteiger partial charge in [0.1, 0.15) is 6.04 Å². The Morgan fingerprint density at radius 2 is 1.84 bits per heavy atom. The van der Waals surface area contributed by atoms with Crippen molar-refractivity contribution in [2.75, 3.05) is 6.61 Å². The molecule has 106 valence electrons. The van der Waals surface area contributed by atoms with Crippen molar-refractivity contribution in [3.63, 3.8) is 0 Å². The molecular weight excluding hydrogens is 238 g/mol. The third-order valence-electron chi connectivity index (χ3n) is 3.10. The number of hydrogen-bond donors (Lipinski definition) is 1. The summed E-state index contributed by atoms with van der Waals surface area (Å²) < 4.78 is 5.17. The van der Waals surface area contributed by atoms with Crippen molar-refractivity contribution in [1.82, 2.24) is 5.32 Å². The smallest absolute Gasteiger partial charge is 0.323 e. The number of carbonyl (C=O) groups excluding carboxylic acids is 1. The first-order chi connectivity index (χ1) is 8.86. The van der Waals surface area contributed by atoms with Crippen molar-refractivity contribution in [3.8, 4) is 0 Å². The van der Waals surface area contributed by atoms with E-state index in [2.05, 4.69) is 24.4 Å². The van der Waals surface area contributed by atoms with E-state index < -0.39 is 0 Å². The number of benzene rings is 1. The van der Waals surface area contributed by atoms with Gasteiger partial charge in [0, 0.05) is 6.04 Å². The maximum Gasteiger partial charge on any atom is 0.323 e. The second-order valence-electron chi connectivity index (χ2n) is 5.85. The average Bonchev–Trinajstić information content (AvgIpc) is 2.35. The minimum Gasteiger partial charge on any atom is -0.465 e. The minimum absolute atomic E-state index is 0.106. The van der Waals surface area contributed by atoms with E-state index in [9.17, 15) is 4.79 Å². The monoisotopic (exact) mass is 263 g/mol. The molecule has 0 bridgehead atoms. The Morgan fingerprint density at radius 1 is 1.26 bits per heavy atom. The van der Waals surface area contributed by atoms with Gasteiger partial charge in [-0.1, -0.05) is 51.1 Å². The van der Waals surface area contributed by atoms with E-state index >= 15 is 0 Å². The average molecular weight is 263 g/mol. The molecule has 0 heterocycles. The summed E-state index contributed by atoms with van der Waals surface area (Å²) in [6, 6.07) is 9.90. The standard InChI is InChI=1S/C16H25NO2/c1-6-19-15(18)14(16(3,4)5)17-12(2)13-10-8-7-9-11-13/h7-12,14,17H,6H2,1-5H3/t12-,14-/m1/s1. The predicted octanol–water partition coefficient (Wildman–Crippen LogP) is 3.32. The molecule has 0 saturated carbocycles. The quantitative estimate of drug-likeness (QED) is 0.828. The Bertz CT molecular complexity index is 395. The number of rotatable bonds is 5. The fraction of sp³-hybridized carbons (Fsp3) is 0.562. The van der Waals surface area contributed by atoms with Gasteiger partial charge in [-0.05, 0) is 24.8 Å². The topological polar surface area (TPSA) is 38.3 Å². The second-order valence-corrected chi connectivity index (χ2v) is 5.85. The lowest BCUT2D eigenvalue weighted by atomic mass is 9.86. The Kier molecular flexibility index (Phi) is 5.55. The van der Waals surface area contributed by atoms with Crippen LogP contribution in [0, 0.1) is 5.41 Å². The SMILES string of the molecule is CCOC(=O)[C@@H](N[C@H](C)c1ccccc1)C(C)(C)C. The molecule has 19 heavy (non-hydrogen) atoms. The lowest BCUT2D eigenvalue weighted by Gasteiger charge is -2.32. The van der Waals surface area contributed by atoms with E-state index in [0.29, 0.717) is 6.61 Å². The van der Waals surface area contributed by atoms with Gasteiger partial charge < -0.3 is 4.74 Å². The van der Waals surface area contributed by atoms with E-state index in [1.165, 1.54) is 5.56 Å². The molecule has 1 rings (SSSR count). The molecule has 3 nitrogen and oxygen atoms in total. The van der Waals surface area contributed by atoms with Gasteiger partial charge in [0.2, 0.25) is 0 Å². The van der Waals surface area contributed by atoms with Gasteiger partial charge in [-0.2, -0.15) is 0 Å². The van der Waals surface area contributed by atoms with Crippen LogP contribution < -0.4 is 5.32 Å². The molecule has 0 saturated heterocycles. The molecule has 0 amide bonds. The summed E-state index contributed by atoms with van der Waals surface area (Å²) in [6.45, 7) is 10.4. The molecule has 0 fully saturated rings. The van der Waals surface area contributed by atoms with Crippen molar-refractivity contribution in [1.29, 1.82) is 0 Å². The predicted molar refractivity (Wildman–Crippen MR) is 77.9 cm³/mol. The third-order valence-corrected chi connectivity index (χ3v) is 3.10. The van der Waals surface area contributed by atoms with Crippen LogP contribution in [0.3, 0.4) is 0 Å². The van der Waals surface area contributed by atoms with Crippen molar-refractivity contribution in [2.45, 2.75) is 46.7 Å². The summed E-state index contributed by atoms with van der Waals surface area (Å²) in [7, 11) is 0. The Balaban J connectivity index is 2.81. The lowest BCUT2D eigenvalue weighted by Crippen LogP contribution is -2.48. The molecule has 1 aromatic carbocycles. The summed E-state index contributed by atoms with van der Waals surface area (Å²) in [5.74, 6) is -0.183. The number of esters is 1. The molecule has 0 radical (unpaired) electrons. The van der Waals surface area contributed by atoms with Crippen LogP contribution in [0.5, 0.6) is 0 Å². The van der Waals surface area contributed by atoms with Gasteiger partial charge in [0.15, 0.2) is 0 Å². The van der Waals surface area contributed by atoms with E-state index in [4.69, 9.17) is 4.74 Å². The van der Waals surface area contributed by atoms with E-state index in [1.54, 1.807) is 0 Å². The molecule has 0 aromatic heterocycles. The summed E-state index contributed by atoms with van der Waals surface area (Å²) >= 11 is 0. The van der Waals surface area contributed by atoms with Crippen LogP contribution in [0.4, 0.5) is 0 Å². The lowest BCUT2D eigenvalue weighted by molar-refractivity contribution is -0.148. The molecule has 0 spiro atoms. The normalized spacial score (nSPS) is 14.8. The molecular formula is C16H25NO2. The zero-order valence-corrected chi connectivity index (χ0v) is 12.6. The largest absolute Gasteiger partial charge is 0.465 e. The minimum atomic E-state index is -0.317. The van der Waals surface area contributed by atoms with E-state index in [0.717, 1.165) is 0 Å². The summed E-state index contributed by atoms with van der Waals surface area (Å²) in [5, 5.41) is 3.38. The molecule has 2 atom stereocenters. The highest BCUT2D eigenvalue weighted by Gasteiger charge is 2.33. The summed E-state index contributed by atoms with van der Waals surface area (Å²) in [6.07, 6.45) is 0. The molecule has 0 unspecified atom stereocenters. The van der Waals surface area contributed by atoms with Gasteiger partial charge in [0.25, 0.3) is 0 Å². The molecule has 3 heteroatoms. The molecule has 0 aliphatic carbocycles. The zero-order chi connectivity index (χ0) is 14.5. The first kappa shape index (κ1) is 15.7. The van der Waals surface area contributed by atoms with E-state index in [-0.39, 0.29) is 23.5 Å². The summed E-state index contributed by atoms with van der Waals surface area (Å²) in [5.41, 5.74) is 0.982. The third kappa shape index (κ3) is 4.67. The summed E-state index contributed by atoms with van der Waals surface area (Å²) in [4.78, 5) is 12.1. The van der Waals surface area contributed by atoms with Crippen LogP contribution in [0.25, 0.3) is 0 Å². The van der Waals surface area contributed by atoms with Crippen LogP contribution in [-0.4, -0.2) is 18.6 Å². The maximum absolute atomic E-state index is 12.1. The Morgan fingerprint density at radius 3 is 2.32 bits per heavy atom. The van der Waals surface area contributed by atoms with Crippen LogP contribution in [0.1, 0.15) is 46.2 Å². The second kappa shape index (κ2) is 6.71. The highest BCUT2D eigenvalue weighted by atomic mass is 16.5. The van der Waals surface area contributed by atoms with Gasteiger partial charge in [0.05, 0.1) is 6.61 Å². The molecule has 0 aliphatic rings. The van der Waals surface area contributed by atoms with Gasteiger partial charge in [-0.3, -0.25) is 10.1 Å². The number of nitrogens with one attached hydrogen (secondary N) is 1. The van der Waals surface area contributed by atoms with Gasteiger partial charge >= 0.3 is 5.97 Å². The first-order valence-corrected chi connectivity index (χ1v) is 6.84. The fourth-order valence-corrected chi connectivity index (χ4v) is 1.99. The molecule has 1 N–H and O–H groups in total. The van der Waals surface area contributed by atoms with Crippen LogP contribution in [0.2, 0.25) is 0 Å².